The molecule has 0 radical (unpaired) electrons. The molecular weight excluding hydrogens is 194 g/mol. The zero-order chi connectivity index (χ0) is 10.4. The van der Waals surface area contributed by atoms with Gasteiger partial charge in [0.05, 0.1) is 6.54 Å². The van der Waals surface area contributed by atoms with Gasteiger partial charge in [-0.1, -0.05) is 30.3 Å². The maximum absolute atomic E-state index is 5.76. The molecule has 0 amide bonds. The highest BCUT2D eigenvalue weighted by atomic mass is 32.1. The molecule has 0 aliphatic carbocycles. The highest BCUT2D eigenvalue weighted by Gasteiger charge is 2.03. The second-order valence-corrected chi connectivity index (χ2v) is 3.34. The molecule has 0 heterocycles. The Morgan fingerprint density at radius 1 is 1.43 bits per heavy atom. The van der Waals surface area contributed by atoms with Crippen LogP contribution in [0.25, 0.3) is 0 Å². The molecule has 0 aliphatic rings. The lowest BCUT2D eigenvalue weighted by Gasteiger charge is -2.19. The first-order valence-electron chi connectivity index (χ1n) is 4.58. The van der Waals surface area contributed by atoms with E-state index in [4.69, 9.17) is 18.1 Å². The summed E-state index contributed by atoms with van der Waals surface area (Å²) in [6.07, 6.45) is 0. The number of thiocarbonyl (C=S) groups is 1. The molecule has 3 N–H and O–H groups in total. The summed E-state index contributed by atoms with van der Waals surface area (Å²) in [7, 11) is 0. The third-order valence-electron chi connectivity index (χ3n) is 1.78. The van der Waals surface area contributed by atoms with Crippen molar-refractivity contribution < 1.29 is 0 Å². The summed E-state index contributed by atoms with van der Waals surface area (Å²) < 4.78 is 0. The maximum Gasteiger partial charge on any atom is 0.183 e. The van der Waals surface area contributed by atoms with Crippen LogP contribution in [0.15, 0.2) is 30.3 Å². The number of hydrazine groups is 1. The fraction of sp³-hybridized carbons (Fsp3) is 0.300. The van der Waals surface area contributed by atoms with Gasteiger partial charge in [0.2, 0.25) is 0 Å². The number of hydrogen-bond donors (Lipinski definition) is 2. The van der Waals surface area contributed by atoms with Gasteiger partial charge in [0.15, 0.2) is 5.11 Å². The van der Waals surface area contributed by atoms with Crippen molar-refractivity contribution in [2.45, 2.75) is 13.5 Å². The van der Waals surface area contributed by atoms with Crippen LogP contribution in [0.2, 0.25) is 0 Å². The molecular formula is C10H15N3S. The van der Waals surface area contributed by atoms with Crippen molar-refractivity contribution in [1.29, 1.82) is 0 Å². The molecule has 1 rings (SSSR count). The first-order chi connectivity index (χ1) is 6.74. The minimum atomic E-state index is 0.580. The summed E-state index contributed by atoms with van der Waals surface area (Å²) in [5, 5.41) is 5.11. The number of benzene rings is 1. The van der Waals surface area contributed by atoms with Crippen LogP contribution in [-0.4, -0.2) is 16.7 Å². The van der Waals surface area contributed by atoms with Gasteiger partial charge in [-0.3, -0.25) is 5.01 Å². The van der Waals surface area contributed by atoms with Crippen LogP contribution in [0.1, 0.15) is 12.5 Å². The lowest BCUT2D eigenvalue weighted by atomic mass is 10.2. The predicted molar refractivity (Wildman–Crippen MR) is 62.4 cm³/mol. The first-order valence-corrected chi connectivity index (χ1v) is 4.99. The molecule has 1 aromatic carbocycles. The summed E-state index contributed by atoms with van der Waals surface area (Å²) in [5.74, 6) is 5.76. The first kappa shape index (κ1) is 10.9. The SMILES string of the molecule is CCNC(=S)N(N)Cc1ccccc1. The lowest BCUT2D eigenvalue weighted by Crippen LogP contribution is -2.43. The second kappa shape index (κ2) is 5.57. The van der Waals surface area contributed by atoms with E-state index in [9.17, 15) is 0 Å². The molecule has 0 unspecified atom stereocenters. The Hall–Kier alpha value is -1.13. The van der Waals surface area contributed by atoms with Crippen LogP contribution < -0.4 is 11.2 Å². The van der Waals surface area contributed by atoms with Gasteiger partial charge in [-0.15, -0.1) is 0 Å². The van der Waals surface area contributed by atoms with Crippen LogP contribution >= 0.6 is 12.2 Å². The molecule has 0 saturated heterocycles. The van der Waals surface area contributed by atoms with Crippen LogP contribution in [0.5, 0.6) is 0 Å². The molecule has 1 aromatic rings. The van der Waals surface area contributed by atoms with Crippen LogP contribution in [0.4, 0.5) is 0 Å². The Labute approximate surface area is 89.9 Å². The topological polar surface area (TPSA) is 41.3 Å². The third kappa shape index (κ3) is 3.32. The highest BCUT2D eigenvalue weighted by molar-refractivity contribution is 7.80. The van der Waals surface area contributed by atoms with Crippen molar-refractivity contribution in [3.8, 4) is 0 Å². The second-order valence-electron chi connectivity index (χ2n) is 2.95. The molecule has 14 heavy (non-hydrogen) atoms. The van der Waals surface area contributed by atoms with Crippen molar-refractivity contribution >= 4 is 17.3 Å². The smallest absolute Gasteiger partial charge is 0.183 e. The minimum Gasteiger partial charge on any atom is -0.362 e. The third-order valence-corrected chi connectivity index (χ3v) is 2.16. The van der Waals surface area contributed by atoms with Crippen molar-refractivity contribution in [3.63, 3.8) is 0 Å². The van der Waals surface area contributed by atoms with E-state index in [1.165, 1.54) is 5.01 Å². The van der Waals surface area contributed by atoms with E-state index < -0.39 is 0 Å². The van der Waals surface area contributed by atoms with E-state index in [1.807, 2.05) is 37.3 Å². The summed E-state index contributed by atoms with van der Waals surface area (Å²) in [4.78, 5) is 0. The molecule has 0 saturated carbocycles. The van der Waals surface area contributed by atoms with E-state index in [1.54, 1.807) is 0 Å². The van der Waals surface area contributed by atoms with Gasteiger partial charge in [-0.25, -0.2) is 5.84 Å². The van der Waals surface area contributed by atoms with E-state index >= 15 is 0 Å². The Morgan fingerprint density at radius 2 is 2.07 bits per heavy atom. The van der Waals surface area contributed by atoms with E-state index in [0.29, 0.717) is 11.7 Å². The maximum atomic E-state index is 5.76. The van der Waals surface area contributed by atoms with Crippen molar-refractivity contribution in [3.05, 3.63) is 35.9 Å². The average Bonchev–Trinajstić information content (AvgIpc) is 2.19. The Balaban J connectivity index is 2.49. The molecule has 0 atom stereocenters. The number of hydrogen-bond acceptors (Lipinski definition) is 2. The van der Waals surface area contributed by atoms with Gasteiger partial charge in [0.25, 0.3) is 0 Å². The number of rotatable bonds is 3. The summed E-state index contributed by atoms with van der Waals surface area (Å²) in [6, 6.07) is 9.99. The summed E-state index contributed by atoms with van der Waals surface area (Å²) >= 11 is 5.06. The van der Waals surface area contributed by atoms with Gasteiger partial charge in [-0.2, -0.15) is 0 Å². The van der Waals surface area contributed by atoms with Crippen molar-refractivity contribution in [2.24, 2.45) is 5.84 Å². The average molecular weight is 209 g/mol. The molecule has 4 heteroatoms. The molecule has 0 aliphatic heterocycles. The van der Waals surface area contributed by atoms with Crippen LogP contribution in [0.3, 0.4) is 0 Å². The molecule has 0 aromatic heterocycles. The Morgan fingerprint density at radius 3 is 2.64 bits per heavy atom. The monoisotopic (exact) mass is 209 g/mol. The zero-order valence-corrected chi connectivity index (χ0v) is 9.05. The molecule has 3 nitrogen and oxygen atoms in total. The molecule has 0 fully saturated rings. The highest BCUT2D eigenvalue weighted by Crippen LogP contribution is 2.00. The standard InChI is InChI=1S/C10H15N3S/c1-2-12-10(14)13(11)8-9-6-4-3-5-7-9/h3-7H,2,8,11H2,1H3,(H,12,14). The quantitative estimate of drug-likeness (QED) is 0.447. The van der Waals surface area contributed by atoms with Gasteiger partial charge in [0, 0.05) is 6.54 Å². The predicted octanol–water partition coefficient (Wildman–Crippen LogP) is 1.26. The molecule has 0 bridgehead atoms. The van der Waals surface area contributed by atoms with E-state index in [-0.39, 0.29) is 0 Å². The van der Waals surface area contributed by atoms with Crippen LogP contribution in [-0.2, 0) is 6.54 Å². The number of nitrogens with two attached hydrogens (primary N) is 1. The summed E-state index contributed by atoms with van der Waals surface area (Å²) in [6.45, 7) is 3.41. The van der Waals surface area contributed by atoms with E-state index in [2.05, 4.69) is 5.32 Å². The fourth-order valence-corrected chi connectivity index (χ4v) is 1.31. The van der Waals surface area contributed by atoms with Gasteiger partial charge >= 0.3 is 0 Å². The van der Waals surface area contributed by atoms with Crippen molar-refractivity contribution in [2.75, 3.05) is 6.54 Å². The zero-order valence-electron chi connectivity index (χ0n) is 8.23. The largest absolute Gasteiger partial charge is 0.362 e. The lowest BCUT2D eigenvalue weighted by molar-refractivity contribution is 0.427. The minimum absolute atomic E-state index is 0.580. The number of nitrogens with one attached hydrogen (secondary N) is 1. The molecule has 76 valence electrons. The van der Waals surface area contributed by atoms with Gasteiger partial charge in [0.1, 0.15) is 0 Å². The fourth-order valence-electron chi connectivity index (χ4n) is 1.10. The Bertz CT molecular complexity index is 287. The number of nitrogens with zero attached hydrogens (tertiary/aromatic N) is 1. The Kier molecular flexibility index (Phi) is 4.35. The summed E-state index contributed by atoms with van der Waals surface area (Å²) in [5.41, 5.74) is 1.15. The normalized spacial score (nSPS) is 9.57. The van der Waals surface area contributed by atoms with Gasteiger partial charge in [-0.05, 0) is 24.7 Å². The van der Waals surface area contributed by atoms with Crippen molar-refractivity contribution in [1.82, 2.24) is 10.3 Å². The van der Waals surface area contributed by atoms with Gasteiger partial charge < -0.3 is 5.32 Å². The van der Waals surface area contributed by atoms with Crippen LogP contribution in [0, 0.1) is 0 Å². The molecule has 0 spiro atoms. The van der Waals surface area contributed by atoms with E-state index in [0.717, 1.165) is 12.1 Å².